The Kier molecular flexibility index (Phi) is 5.01. The molecule has 0 spiro atoms. The van der Waals surface area contributed by atoms with Crippen LogP contribution in [-0.4, -0.2) is 22.6 Å². The molecule has 0 unspecified atom stereocenters. The summed E-state index contributed by atoms with van der Waals surface area (Å²) in [7, 11) is 0. The molecule has 0 atom stereocenters. The summed E-state index contributed by atoms with van der Waals surface area (Å²) < 4.78 is 44.8. The first-order valence-electron chi connectivity index (χ1n) is 7.77. The van der Waals surface area contributed by atoms with Crippen molar-refractivity contribution in [3.8, 4) is 11.4 Å². The van der Waals surface area contributed by atoms with Gasteiger partial charge in [0, 0.05) is 18.5 Å². The summed E-state index contributed by atoms with van der Waals surface area (Å²) >= 11 is 0. The van der Waals surface area contributed by atoms with E-state index in [1.54, 1.807) is 0 Å². The molecular weight excluding hydrogens is 347 g/mol. The van der Waals surface area contributed by atoms with E-state index in [0.717, 1.165) is 17.2 Å². The van der Waals surface area contributed by atoms with Crippen LogP contribution in [0.25, 0.3) is 11.4 Å². The number of carbonyl (C=O) groups is 1. The molecule has 1 aromatic heterocycles. The molecule has 1 heterocycles. The van der Waals surface area contributed by atoms with Crippen molar-refractivity contribution in [1.82, 2.24) is 15.5 Å². The van der Waals surface area contributed by atoms with Crippen LogP contribution >= 0.6 is 0 Å². The zero-order valence-electron chi connectivity index (χ0n) is 13.7. The van der Waals surface area contributed by atoms with Crippen LogP contribution in [0.15, 0.2) is 40.9 Å². The predicted octanol–water partition coefficient (Wildman–Crippen LogP) is 3.43. The van der Waals surface area contributed by atoms with Crippen LogP contribution in [0, 0.1) is 24.4 Å². The normalized spacial score (nSPS) is 10.8. The maximum absolute atomic E-state index is 13.6. The second-order valence-electron chi connectivity index (χ2n) is 5.56. The molecule has 0 fully saturated rings. The molecule has 2 aromatic carbocycles. The Morgan fingerprint density at radius 3 is 2.65 bits per heavy atom. The number of nitrogens with zero attached hydrogens (tertiary/aromatic N) is 2. The summed E-state index contributed by atoms with van der Waals surface area (Å²) in [5.41, 5.74) is 1.24. The van der Waals surface area contributed by atoms with Gasteiger partial charge in [0.15, 0.2) is 17.5 Å². The zero-order chi connectivity index (χ0) is 18.7. The van der Waals surface area contributed by atoms with Crippen LogP contribution in [0.3, 0.4) is 0 Å². The quantitative estimate of drug-likeness (QED) is 0.707. The highest BCUT2D eigenvalue weighted by Gasteiger charge is 2.18. The first kappa shape index (κ1) is 17.7. The number of rotatable bonds is 5. The smallest absolute Gasteiger partial charge is 0.254 e. The van der Waals surface area contributed by atoms with E-state index in [4.69, 9.17) is 4.52 Å². The maximum Gasteiger partial charge on any atom is 0.254 e. The molecule has 0 saturated carbocycles. The zero-order valence-corrected chi connectivity index (χ0v) is 13.7. The number of benzene rings is 2. The average molecular weight is 361 g/mol. The summed E-state index contributed by atoms with van der Waals surface area (Å²) in [5.74, 6) is -4.71. The third-order valence-corrected chi connectivity index (χ3v) is 3.76. The van der Waals surface area contributed by atoms with Crippen molar-refractivity contribution < 1.29 is 22.5 Å². The molecular formula is C18H14F3N3O2. The average Bonchev–Trinajstić information content (AvgIpc) is 3.08. The van der Waals surface area contributed by atoms with Crippen LogP contribution in [0.4, 0.5) is 13.2 Å². The number of nitrogens with one attached hydrogen (secondary N) is 1. The number of hydrogen-bond donors (Lipinski definition) is 1. The van der Waals surface area contributed by atoms with Gasteiger partial charge in [0.05, 0.1) is 5.56 Å². The molecule has 0 radical (unpaired) electrons. The molecule has 0 aliphatic heterocycles. The maximum atomic E-state index is 13.6. The number of hydrogen-bond acceptors (Lipinski definition) is 4. The van der Waals surface area contributed by atoms with Gasteiger partial charge in [-0.25, -0.2) is 13.2 Å². The second kappa shape index (κ2) is 7.38. The van der Waals surface area contributed by atoms with E-state index in [9.17, 15) is 18.0 Å². The molecule has 0 saturated heterocycles. The van der Waals surface area contributed by atoms with Crippen molar-refractivity contribution in [2.45, 2.75) is 13.3 Å². The molecule has 3 aromatic rings. The van der Waals surface area contributed by atoms with E-state index in [1.165, 1.54) is 0 Å². The van der Waals surface area contributed by atoms with Crippen LogP contribution in [-0.2, 0) is 6.42 Å². The summed E-state index contributed by atoms with van der Waals surface area (Å²) in [6.45, 7) is 1.98. The summed E-state index contributed by atoms with van der Waals surface area (Å²) in [6, 6.07) is 9.10. The number of amides is 1. The molecule has 5 nitrogen and oxygen atoms in total. The Hall–Kier alpha value is -3.16. The number of carbonyl (C=O) groups excluding carboxylic acids is 1. The third-order valence-electron chi connectivity index (χ3n) is 3.76. The Morgan fingerprint density at radius 2 is 1.88 bits per heavy atom. The fraction of sp³-hybridized carbons (Fsp3) is 0.167. The van der Waals surface area contributed by atoms with Gasteiger partial charge in [-0.05, 0) is 24.6 Å². The van der Waals surface area contributed by atoms with Gasteiger partial charge in [0.25, 0.3) is 5.91 Å². The van der Waals surface area contributed by atoms with Crippen LogP contribution in [0.2, 0.25) is 0 Å². The minimum atomic E-state index is -1.68. The summed E-state index contributed by atoms with van der Waals surface area (Å²) in [6.07, 6.45) is 0.204. The molecule has 1 amide bonds. The van der Waals surface area contributed by atoms with E-state index in [2.05, 4.69) is 15.5 Å². The fourth-order valence-corrected chi connectivity index (χ4v) is 2.37. The summed E-state index contributed by atoms with van der Waals surface area (Å²) in [5, 5.41) is 6.29. The Bertz CT molecular complexity index is 957. The van der Waals surface area contributed by atoms with E-state index in [1.807, 2.05) is 31.2 Å². The monoisotopic (exact) mass is 361 g/mol. The first-order valence-corrected chi connectivity index (χ1v) is 7.77. The molecule has 8 heteroatoms. The Balaban J connectivity index is 1.62. The van der Waals surface area contributed by atoms with Crippen molar-refractivity contribution in [1.29, 1.82) is 0 Å². The number of aromatic nitrogens is 2. The molecule has 0 aliphatic carbocycles. The molecule has 0 bridgehead atoms. The molecule has 3 rings (SSSR count). The van der Waals surface area contributed by atoms with E-state index in [-0.39, 0.29) is 18.9 Å². The van der Waals surface area contributed by atoms with Gasteiger partial charge in [-0.3, -0.25) is 4.79 Å². The van der Waals surface area contributed by atoms with Gasteiger partial charge in [0.1, 0.15) is 0 Å². The van der Waals surface area contributed by atoms with Crippen LogP contribution < -0.4 is 5.32 Å². The largest absolute Gasteiger partial charge is 0.351 e. The molecule has 26 heavy (non-hydrogen) atoms. The minimum Gasteiger partial charge on any atom is -0.351 e. The van der Waals surface area contributed by atoms with E-state index in [0.29, 0.717) is 11.9 Å². The number of aryl methyl sites for hydroxylation is 1. The lowest BCUT2D eigenvalue weighted by atomic mass is 10.1. The van der Waals surface area contributed by atoms with Crippen molar-refractivity contribution in [3.05, 3.63) is 70.9 Å². The highest BCUT2D eigenvalue weighted by molar-refractivity contribution is 5.94. The van der Waals surface area contributed by atoms with Gasteiger partial charge in [-0.15, -0.1) is 0 Å². The van der Waals surface area contributed by atoms with Gasteiger partial charge >= 0.3 is 0 Å². The van der Waals surface area contributed by atoms with E-state index < -0.39 is 28.9 Å². The van der Waals surface area contributed by atoms with Gasteiger partial charge in [-0.2, -0.15) is 4.98 Å². The second-order valence-corrected chi connectivity index (χ2v) is 5.56. The fourth-order valence-electron chi connectivity index (χ4n) is 2.37. The Labute approximate surface area is 146 Å². The van der Waals surface area contributed by atoms with Gasteiger partial charge < -0.3 is 9.84 Å². The topological polar surface area (TPSA) is 68.0 Å². The van der Waals surface area contributed by atoms with Crippen LogP contribution in [0.5, 0.6) is 0 Å². The molecule has 0 aliphatic rings. The van der Waals surface area contributed by atoms with Gasteiger partial charge in [-0.1, -0.05) is 29.4 Å². The highest BCUT2D eigenvalue weighted by atomic mass is 19.2. The molecule has 1 N–H and O–H groups in total. The number of halogens is 3. The minimum absolute atomic E-state index is 0.0622. The lowest BCUT2D eigenvalue weighted by molar-refractivity contribution is 0.0948. The van der Waals surface area contributed by atoms with Crippen LogP contribution in [0.1, 0.15) is 21.8 Å². The lowest BCUT2D eigenvalue weighted by Gasteiger charge is -2.05. The van der Waals surface area contributed by atoms with Crippen molar-refractivity contribution in [3.63, 3.8) is 0 Å². The highest BCUT2D eigenvalue weighted by Crippen LogP contribution is 2.20. The third kappa shape index (κ3) is 3.58. The van der Waals surface area contributed by atoms with Crippen molar-refractivity contribution >= 4 is 5.91 Å². The lowest BCUT2D eigenvalue weighted by Crippen LogP contribution is -2.27. The van der Waals surface area contributed by atoms with Crippen molar-refractivity contribution in [2.75, 3.05) is 6.54 Å². The molecule has 134 valence electrons. The SMILES string of the molecule is Cc1ccccc1-c1noc(CCNC(=O)c2ccc(F)c(F)c2F)n1. The van der Waals surface area contributed by atoms with Crippen molar-refractivity contribution in [2.24, 2.45) is 0 Å². The summed E-state index contributed by atoms with van der Waals surface area (Å²) in [4.78, 5) is 16.1. The standard InChI is InChI=1S/C18H14F3N3O2/c1-10-4-2-3-5-11(10)17-23-14(26-24-17)8-9-22-18(25)12-6-7-13(19)16(21)15(12)20/h2-7H,8-9H2,1H3,(H,22,25). The van der Waals surface area contributed by atoms with Gasteiger partial charge in [0.2, 0.25) is 11.7 Å². The Morgan fingerprint density at radius 1 is 1.12 bits per heavy atom. The predicted molar refractivity (Wildman–Crippen MR) is 86.8 cm³/mol. The van der Waals surface area contributed by atoms with E-state index >= 15 is 0 Å². The first-order chi connectivity index (χ1) is 12.5.